The topological polar surface area (TPSA) is 69.2 Å². The Bertz CT molecular complexity index is 762. The van der Waals surface area contributed by atoms with Crippen LogP contribution in [0, 0.1) is 11.7 Å². The van der Waals surface area contributed by atoms with Gasteiger partial charge in [-0.1, -0.05) is 5.21 Å². The Balaban J connectivity index is 1.86. The lowest BCUT2D eigenvalue weighted by atomic mass is 10.4. The molecule has 0 aliphatic carbocycles. The first-order chi connectivity index (χ1) is 9.70. The van der Waals surface area contributed by atoms with E-state index in [-0.39, 0.29) is 0 Å². The molecule has 0 bridgehead atoms. The Kier molecular flexibility index (Phi) is 3.39. The highest BCUT2D eigenvalue weighted by Crippen LogP contribution is 2.18. The zero-order chi connectivity index (χ0) is 14.1. The summed E-state index contributed by atoms with van der Waals surface area (Å²) in [6.07, 6.45) is 4.50. The first-order valence-electron chi connectivity index (χ1n) is 6.70. The van der Waals surface area contributed by atoms with E-state index in [1.165, 1.54) is 0 Å². The van der Waals surface area contributed by atoms with Gasteiger partial charge in [-0.15, -0.1) is 5.10 Å². The highest BCUT2D eigenvalue weighted by atomic mass is 32.1. The maximum Gasteiger partial charge on any atom is 0.179 e. The summed E-state index contributed by atoms with van der Waals surface area (Å²) in [5.74, 6) is 0. The van der Waals surface area contributed by atoms with Crippen LogP contribution in [0.4, 0.5) is 0 Å². The number of H-pyrrole nitrogens is 1. The van der Waals surface area contributed by atoms with Crippen LogP contribution < -0.4 is 0 Å². The van der Waals surface area contributed by atoms with Crippen molar-refractivity contribution in [2.24, 2.45) is 0 Å². The standard InChI is InChI=1S/C12H17N7S/c1-3-19-11-10(9(2)15-19)14-12(20)18(11)7-4-6-17-8-5-13-16-17/h5,8H,3-4,6-7H2,1-2H3,(H,14,20). The van der Waals surface area contributed by atoms with Crippen LogP contribution >= 0.6 is 12.2 Å². The number of hydrogen-bond acceptors (Lipinski definition) is 4. The molecule has 0 atom stereocenters. The Morgan fingerprint density at radius 2 is 2.20 bits per heavy atom. The molecule has 0 saturated heterocycles. The van der Waals surface area contributed by atoms with Crippen LogP contribution in [0.25, 0.3) is 11.2 Å². The van der Waals surface area contributed by atoms with Crippen molar-refractivity contribution in [3.63, 3.8) is 0 Å². The summed E-state index contributed by atoms with van der Waals surface area (Å²) in [6.45, 7) is 6.58. The third-order valence-corrected chi connectivity index (χ3v) is 3.70. The fourth-order valence-corrected chi connectivity index (χ4v) is 2.71. The van der Waals surface area contributed by atoms with Gasteiger partial charge in [0, 0.05) is 25.8 Å². The zero-order valence-corrected chi connectivity index (χ0v) is 12.4. The Morgan fingerprint density at radius 3 is 2.90 bits per heavy atom. The molecular formula is C12H17N7S. The summed E-state index contributed by atoms with van der Waals surface area (Å²) in [5, 5.41) is 12.3. The maximum absolute atomic E-state index is 5.42. The summed E-state index contributed by atoms with van der Waals surface area (Å²) >= 11 is 5.42. The second-order valence-electron chi connectivity index (χ2n) is 4.70. The van der Waals surface area contributed by atoms with Crippen molar-refractivity contribution in [1.82, 2.24) is 34.3 Å². The average Bonchev–Trinajstić information content (AvgIpc) is 3.11. The number of nitrogens with one attached hydrogen (secondary N) is 1. The second-order valence-corrected chi connectivity index (χ2v) is 5.09. The van der Waals surface area contributed by atoms with Gasteiger partial charge < -0.3 is 9.55 Å². The summed E-state index contributed by atoms with van der Waals surface area (Å²) in [6, 6.07) is 0. The molecule has 7 nitrogen and oxygen atoms in total. The van der Waals surface area contributed by atoms with Crippen LogP contribution in [0.15, 0.2) is 12.4 Å². The van der Waals surface area contributed by atoms with Gasteiger partial charge in [-0.2, -0.15) is 5.10 Å². The van der Waals surface area contributed by atoms with Crippen molar-refractivity contribution in [2.75, 3.05) is 0 Å². The monoisotopic (exact) mass is 291 g/mol. The zero-order valence-electron chi connectivity index (χ0n) is 11.6. The molecule has 3 rings (SSSR count). The molecule has 3 aromatic rings. The lowest BCUT2D eigenvalue weighted by Gasteiger charge is -2.06. The minimum absolute atomic E-state index is 0.751. The van der Waals surface area contributed by atoms with Crippen molar-refractivity contribution in [3.05, 3.63) is 22.9 Å². The van der Waals surface area contributed by atoms with E-state index in [9.17, 15) is 0 Å². The minimum Gasteiger partial charge on any atom is -0.328 e. The predicted molar refractivity (Wildman–Crippen MR) is 78.0 cm³/mol. The molecule has 106 valence electrons. The lowest BCUT2D eigenvalue weighted by Crippen LogP contribution is -2.08. The van der Waals surface area contributed by atoms with Crippen LogP contribution in [0.1, 0.15) is 19.0 Å². The molecule has 0 aromatic carbocycles. The summed E-state index contributed by atoms with van der Waals surface area (Å²) in [7, 11) is 0. The fourth-order valence-electron chi connectivity index (χ4n) is 2.43. The van der Waals surface area contributed by atoms with Gasteiger partial charge >= 0.3 is 0 Å². The summed E-state index contributed by atoms with van der Waals surface area (Å²) < 4.78 is 6.69. The van der Waals surface area contributed by atoms with E-state index in [0.29, 0.717) is 0 Å². The van der Waals surface area contributed by atoms with Gasteiger partial charge in [-0.05, 0) is 32.5 Å². The van der Waals surface area contributed by atoms with Crippen molar-refractivity contribution in [3.8, 4) is 0 Å². The molecule has 0 saturated carbocycles. The number of imidazole rings is 1. The van der Waals surface area contributed by atoms with Gasteiger partial charge in [-0.3, -0.25) is 4.68 Å². The van der Waals surface area contributed by atoms with Crippen molar-refractivity contribution >= 4 is 23.4 Å². The van der Waals surface area contributed by atoms with Crippen LogP contribution in [0.2, 0.25) is 0 Å². The molecule has 0 fully saturated rings. The number of aryl methyl sites for hydroxylation is 4. The highest BCUT2D eigenvalue weighted by Gasteiger charge is 2.13. The number of rotatable bonds is 5. The van der Waals surface area contributed by atoms with Crippen LogP contribution in [0.5, 0.6) is 0 Å². The quantitative estimate of drug-likeness (QED) is 0.729. The Hall–Kier alpha value is -1.96. The first-order valence-corrected chi connectivity index (χ1v) is 7.11. The number of hydrogen-bond donors (Lipinski definition) is 1. The predicted octanol–water partition coefficient (Wildman–Crippen LogP) is 1.91. The van der Waals surface area contributed by atoms with Gasteiger partial charge in [-0.25, -0.2) is 4.68 Å². The van der Waals surface area contributed by atoms with Gasteiger partial charge in [0.1, 0.15) is 5.52 Å². The van der Waals surface area contributed by atoms with E-state index < -0.39 is 0 Å². The van der Waals surface area contributed by atoms with Crippen LogP contribution in [-0.4, -0.2) is 34.3 Å². The molecule has 0 radical (unpaired) electrons. The second kappa shape index (κ2) is 5.20. The fraction of sp³-hybridized carbons (Fsp3) is 0.500. The number of nitrogens with zero attached hydrogens (tertiary/aromatic N) is 6. The Morgan fingerprint density at radius 1 is 1.35 bits per heavy atom. The lowest BCUT2D eigenvalue weighted by molar-refractivity contribution is 0.511. The van der Waals surface area contributed by atoms with E-state index in [0.717, 1.165) is 47.7 Å². The maximum atomic E-state index is 5.42. The molecule has 0 unspecified atom stereocenters. The van der Waals surface area contributed by atoms with E-state index in [4.69, 9.17) is 12.2 Å². The van der Waals surface area contributed by atoms with E-state index in [2.05, 4.69) is 31.9 Å². The van der Waals surface area contributed by atoms with Crippen LogP contribution in [-0.2, 0) is 19.6 Å². The number of aromatic nitrogens is 7. The molecule has 8 heteroatoms. The highest BCUT2D eigenvalue weighted by molar-refractivity contribution is 7.71. The first kappa shape index (κ1) is 13.0. The molecule has 0 spiro atoms. The number of fused-ring (bicyclic) bond motifs is 1. The minimum atomic E-state index is 0.751. The van der Waals surface area contributed by atoms with Gasteiger partial charge in [0.15, 0.2) is 10.4 Å². The molecule has 1 N–H and O–H groups in total. The van der Waals surface area contributed by atoms with Gasteiger partial charge in [0.05, 0.1) is 11.9 Å². The molecule has 3 aromatic heterocycles. The van der Waals surface area contributed by atoms with E-state index >= 15 is 0 Å². The molecule has 20 heavy (non-hydrogen) atoms. The SMILES string of the molecule is CCn1nc(C)c2[nH]c(=S)n(CCCn3ccnn3)c21. The Labute approximate surface area is 121 Å². The molecule has 0 aliphatic rings. The molecule has 0 aliphatic heterocycles. The van der Waals surface area contributed by atoms with E-state index in [1.54, 1.807) is 6.20 Å². The average molecular weight is 291 g/mol. The van der Waals surface area contributed by atoms with Gasteiger partial charge in [0.25, 0.3) is 0 Å². The smallest absolute Gasteiger partial charge is 0.179 e. The molecule has 3 heterocycles. The van der Waals surface area contributed by atoms with Gasteiger partial charge in [0.2, 0.25) is 0 Å². The van der Waals surface area contributed by atoms with Crippen LogP contribution in [0.3, 0.4) is 0 Å². The summed E-state index contributed by atoms with van der Waals surface area (Å²) in [4.78, 5) is 3.25. The third-order valence-electron chi connectivity index (χ3n) is 3.37. The summed E-state index contributed by atoms with van der Waals surface area (Å²) in [5.41, 5.74) is 3.11. The van der Waals surface area contributed by atoms with E-state index in [1.807, 2.05) is 22.5 Å². The molecular weight excluding hydrogens is 274 g/mol. The van der Waals surface area contributed by atoms with Crippen molar-refractivity contribution in [2.45, 2.75) is 39.9 Å². The normalized spacial score (nSPS) is 11.5. The van der Waals surface area contributed by atoms with Crippen molar-refractivity contribution < 1.29 is 0 Å². The van der Waals surface area contributed by atoms with Crippen molar-refractivity contribution in [1.29, 1.82) is 0 Å². The largest absolute Gasteiger partial charge is 0.328 e. The molecule has 0 amide bonds. The number of aromatic amines is 1. The third kappa shape index (κ3) is 2.15.